The van der Waals surface area contributed by atoms with E-state index in [-0.39, 0.29) is 18.1 Å². The van der Waals surface area contributed by atoms with Crippen LogP contribution in [0, 0.1) is 0 Å². The molecule has 144 valence electrons. The Balaban J connectivity index is 1.35. The lowest BCUT2D eigenvalue weighted by Gasteiger charge is -2.57. The summed E-state index contributed by atoms with van der Waals surface area (Å²) < 4.78 is 11.0. The first-order valence-corrected chi connectivity index (χ1v) is 9.84. The molecule has 0 unspecified atom stereocenters. The zero-order valence-corrected chi connectivity index (χ0v) is 16.0. The van der Waals surface area contributed by atoms with Crippen molar-refractivity contribution in [2.24, 2.45) is 0 Å². The van der Waals surface area contributed by atoms with Gasteiger partial charge in [0.25, 0.3) is 5.91 Å². The van der Waals surface area contributed by atoms with Gasteiger partial charge in [0.1, 0.15) is 5.75 Å². The maximum Gasteiger partial charge on any atom is 0.260 e. The van der Waals surface area contributed by atoms with Gasteiger partial charge in [0.2, 0.25) is 0 Å². The van der Waals surface area contributed by atoms with Crippen LogP contribution in [0.4, 0.5) is 0 Å². The Morgan fingerprint density at radius 2 is 1.96 bits per heavy atom. The Bertz CT molecular complexity index is 809. The van der Waals surface area contributed by atoms with E-state index in [2.05, 4.69) is 17.0 Å². The van der Waals surface area contributed by atoms with E-state index >= 15 is 0 Å². The van der Waals surface area contributed by atoms with Crippen molar-refractivity contribution >= 4 is 16.7 Å². The summed E-state index contributed by atoms with van der Waals surface area (Å²) in [6, 6.07) is 14.1. The van der Waals surface area contributed by atoms with Gasteiger partial charge in [-0.1, -0.05) is 30.3 Å². The number of benzene rings is 2. The summed E-state index contributed by atoms with van der Waals surface area (Å²) in [6.07, 6.45) is 3.41. The van der Waals surface area contributed by atoms with Crippen molar-refractivity contribution in [2.75, 3.05) is 46.5 Å². The van der Waals surface area contributed by atoms with E-state index in [1.807, 2.05) is 35.2 Å². The SMILES string of the molecule is COCCN1CC[C@]12CCCN(C(=O)COc1ccc3ccccc3c1)C2. The highest BCUT2D eigenvalue weighted by atomic mass is 16.5. The van der Waals surface area contributed by atoms with Gasteiger partial charge < -0.3 is 14.4 Å². The van der Waals surface area contributed by atoms with Crippen LogP contribution in [0.5, 0.6) is 5.75 Å². The lowest BCUT2D eigenvalue weighted by Crippen LogP contribution is -2.68. The van der Waals surface area contributed by atoms with Gasteiger partial charge in [-0.2, -0.15) is 0 Å². The fourth-order valence-corrected chi connectivity index (χ4v) is 4.42. The normalized spacial score (nSPS) is 22.8. The first-order chi connectivity index (χ1) is 13.2. The number of rotatable bonds is 6. The van der Waals surface area contributed by atoms with Gasteiger partial charge in [-0.15, -0.1) is 0 Å². The van der Waals surface area contributed by atoms with E-state index in [0.717, 1.165) is 50.3 Å². The second kappa shape index (κ2) is 7.87. The van der Waals surface area contributed by atoms with Crippen LogP contribution in [-0.2, 0) is 9.53 Å². The summed E-state index contributed by atoms with van der Waals surface area (Å²) in [7, 11) is 1.74. The Hall–Kier alpha value is -2.11. The minimum absolute atomic E-state index is 0.0841. The number of methoxy groups -OCH3 is 1. The molecule has 2 heterocycles. The quantitative estimate of drug-likeness (QED) is 0.786. The average molecular weight is 368 g/mol. The third kappa shape index (κ3) is 3.80. The summed E-state index contributed by atoms with van der Waals surface area (Å²) in [5.74, 6) is 0.833. The number of amides is 1. The van der Waals surface area contributed by atoms with Crippen LogP contribution in [0.2, 0.25) is 0 Å². The molecule has 1 amide bonds. The second-order valence-corrected chi connectivity index (χ2v) is 7.67. The minimum Gasteiger partial charge on any atom is -0.484 e. The predicted molar refractivity (Wildman–Crippen MR) is 106 cm³/mol. The molecule has 2 aromatic rings. The highest BCUT2D eigenvalue weighted by molar-refractivity contribution is 5.84. The van der Waals surface area contributed by atoms with E-state index in [4.69, 9.17) is 9.47 Å². The van der Waals surface area contributed by atoms with Gasteiger partial charge in [0.05, 0.1) is 6.61 Å². The number of hydrogen-bond donors (Lipinski definition) is 0. The van der Waals surface area contributed by atoms with Crippen molar-refractivity contribution in [2.45, 2.75) is 24.8 Å². The fourth-order valence-electron chi connectivity index (χ4n) is 4.42. The van der Waals surface area contributed by atoms with Crippen molar-refractivity contribution < 1.29 is 14.3 Å². The van der Waals surface area contributed by atoms with Crippen molar-refractivity contribution in [3.05, 3.63) is 42.5 Å². The molecule has 5 nitrogen and oxygen atoms in total. The Kier molecular flexibility index (Phi) is 5.32. The Labute approximate surface area is 160 Å². The molecule has 2 aromatic carbocycles. The summed E-state index contributed by atoms with van der Waals surface area (Å²) in [6.45, 7) is 4.56. The smallest absolute Gasteiger partial charge is 0.260 e. The van der Waals surface area contributed by atoms with Crippen LogP contribution in [0.3, 0.4) is 0 Å². The molecule has 2 aliphatic heterocycles. The van der Waals surface area contributed by atoms with Crippen molar-refractivity contribution in [1.82, 2.24) is 9.80 Å². The van der Waals surface area contributed by atoms with Crippen LogP contribution in [0.1, 0.15) is 19.3 Å². The molecular weight excluding hydrogens is 340 g/mol. The van der Waals surface area contributed by atoms with Gasteiger partial charge in [-0.05, 0) is 42.2 Å². The lowest BCUT2D eigenvalue weighted by molar-refractivity contribution is -0.142. The predicted octanol–water partition coefficient (Wildman–Crippen LogP) is 2.93. The second-order valence-electron chi connectivity index (χ2n) is 7.67. The van der Waals surface area contributed by atoms with E-state index in [9.17, 15) is 4.79 Å². The zero-order valence-electron chi connectivity index (χ0n) is 16.0. The lowest BCUT2D eigenvalue weighted by atomic mass is 9.77. The largest absolute Gasteiger partial charge is 0.484 e. The fraction of sp³-hybridized carbons (Fsp3) is 0.500. The van der Waals surface area contributed by atoms with Gasteiger partial charge >= 0.3 is 0 Å². The Morgan fingerprint density at radius 1 is 1.11 bits per heavy atom. The van der Waals surface area contributed by atoms with Crippen LogP contribution >= 0.6 is 0 Å². The van der Waals surface area contributed by atoms with Gasteiger partial charge in [-0.25, -0.2) is 0 Å². The third-order valence-corrected chi connectivity index (χ3v) is 6.07. The zero-order chi connectivity index (χ0) is 18.7. The molecule has 0 aliphatic carbocycles. The van der Waals surface area contributed by atoms with Gasteiger partial charge in [0.15, 0.2) is 6.61 Å². The molecule has 0 bridgehead atoms. The number of nitrogens with zero attached hydrogens (tertiary/aromatic N) is 2. The highest BCUT2D eigenvalue weighted by Crippen LogP contribution is 2.38. The molecule has 2 fully saturated rings. The first-order valence-electron chi connectivity index (χ1n) is 9.84. The molecule has 4 rings (SSSR count). The summed E-state index contributed by atoms with van der Waals surface area (Å²) in [4.78, 5) is 17.2. The summed E-state index contributed by atoms with van der Waals surface area (Å²) >= 11 is 0. The highest BCUT2D eigenvalue weighted by Gasteiger charge is 2.47. The van der Waals surface area contributed by atoms with E-state index in [0.29, 0.717) is 0 Å². The molecule has 1 atom stereocenters. The van der Waals surface area contributed by atoms with E-state index in [1.54, 1.807) is 7.11 Å². The topological polar surface area (TPSA) is 42.0 Å². The molecule has 2 aliphatic rings. The minimum atomic E-state index is 0.0841. The number of likely N-dealkylation sites (tertiary alicyclic amines) is 2. The van der Waals surface area contributed by atoms with Crippen molar-refractivity contribution in [3.63, 3.8) is 0 Å². The standard InChI is InChI=1S/C22H28N2O3/c1-26-14-13-24-12-10-22(24)9-4-11-23(17-22)21(25)16-27-20-8-7-18-5-2-3-6-19(18)15-20/h2-3,5-8,15H,4,9-14,16-17H2,1H3/t22-/m0/s1. The Morgan fingerprint density at radius 3 is 2.74 bits per heavy atom. The van der Waals surface area contributed by atoms with Crippen molar-refractivity contribution in [3.8, 4) is 5.75 Å². The van der Waals surface area contributed by atoms with E-state index < -0.39 is 0 Å². The number of carbonyl (C=O) groups excluding carboxylic acids is 1. The number of carbonyl (C=O) groups is 1. The molecule has 2 saturated heterocycles. The molecule has 0 aromatic heterocycles. The first kappa shape index (κ1) is 18.3. The van der Waals surface area contributed by atoms with Crippen LogP contribution < -0.4 is 4.74 Å². The summed E-state index contributed by atoms with van der Waals surface area (Å²) in [5.41, 5.74) is 0.162. The number of piperidine rings is 1. The maximum absolute atomic E-state index is 12.7. The molecule has 0 saturated carbocycles. The van der Waals surface area contributed by atoms with Crippen molar-refractivity contribution in [1.29, 1.82) is 0 Å². The number of fused-ring (bicyclic) bond motifs is 1. The molecule has 1 spiro atoms. The van der Waals surface area contributed by atoms with Crippen LogP contribution in [-0.4, -0.2) is 67.7 Å². The van der Waals surface area contributed by atoms with Gasteiger partial charge in [0, 0.05) is 38.8 Å². The molecule has 27 heavy (non-hydrogen) atoms. The molecule has 5 heteroatoms. The maximum atomic E-state index is 12.7. The number of ether oxygens (including phenoxy) is 2. The third-order valence-electron chi connectivity index (χ3n) is 6.07. The molecule has 0 N–H and O–H groups in total. The van der Waals surface area contributed by atoms with Crippen LogP contribution in [0.25, 0.3) is 10.8 Å². The van der Waals surface area contributed by atoms with Crippen LogP contribution in [0.15, 0.2) is 42.5 Å². The van der Waals surface area contributed by atoms with E-state index in [1.165, 1.54) is 18.2 Å². The average Bonchev–Trinajstić information content (AvgIpc) is 2.71. The summed E-state index contributed by atoms with van der Waals surface area (Å²) in [5, 5.41) is 2.30. The van der Waals surface area contributed by atoms with Gasteiger partial charge in [-0.3, -0.25) is 9.69 Å². The monoisotopic (exact) mass is 368 g/mol. The molecular formula is C22H28N2O3. The number of hydrogen-bond acceptors (Lipinski definition) is 4. The molecule has 0 radical (unpaired) electrons.